The van der Waals surface area contributed by atoms with E-state index in [1.54, 1.807) is 24.5 Å². The van der Waals surface area contributed by atoms with Crippen molar-refractivity contribution in [2.24, 2.45) is 0 Å². The third-order valence-electron chi connectivity index (χ3n) is 3.35. The van der Waals surface area contributed by atoms with Crippen LogP contribution in [0.15, 0.2) is 54.9 Å². The maximum absolute atomic E-state index is 13.0. The standard InChI is InChI=1S/C17H11ClFNO/c18-16-9-13(19)5-4-12(16)8-17(21)14-3-1-2-11-6-7-20-10-15(11)14/h1-7,9-10H,8H2. The average Bonchev–Trinajstić information content (AvgIpc) is 2.49. The number of fused-ring (bicyclic) bond motifs is 1. The lowest BCUT2D eigenvalue weighted by Crippen LogP contribution is -2.05. The van der Waals surface area contributed by atoms with E-state index in [0.29, 0.717) is 11.1 Å². The molecule has 2 aromatic carbocycles. The Balaban J connectivity index is 1.97. The fourth-order valence-electron chi connectivity index (χ4n) is 2.29. The summed E-state index contributed by atoms with van der Waals surface area (Å²) < 4.78 is 13.0. The van der Waals surface area contributed by atoms with Crippen LogP contribution in [-0.4, -0.2) is 10.8 Å². The fourth-order valence-corrected chi connectivity index (χ4v) is 2.52. The van der Waals surface area contributed by atoms with Gasteiger partial charge in [-0.25, -0.2) is 4.39 Å². The molecule has 0 saturated carbocycles. The summed E-state index contributed by atoms with van der Waals surface area (Å²) in [7, 11) is 0. The first-order valence-corrected chi connectivity index (χ1v) is 6.83. The molecule has 4 heteroatoms. The number of nitrogens with zero attached hydrogens (tertiary/aromatic N) is 1. The Labute approximate surface area is 126 Å². The van der Waals surface area contributed by atoms with Gasteiger partial charge in [0, 0.05) is 34.8 Å². The van der Waals surface area contributed by atoms with Crippen molar-refractivity contribution >= 4 is 28.2 Å². The number of hydrogen-bond acceptors (Lipinski definition) is 2. The molecular formula is C17H11ClFNO. The van der Waals surface area contributed by atoms with E-state index in [1.807, 2.05) is 18.2 Å². The summed E-state index contributed by atoms with van der Waals surface area (Å²) in [6.45, 7) is 0. The zero-order valence-electron chi connectivity index (χ0n) is 11.0. The van der Waals surface area contributed by atoms with Crippen LogP contribution >= 0.6 is 11.6 Å². The molecule has 0 amide bonds. The van der Waals surface area contributed by atoms with Crippen molar-refractivity contribution in [3.63, 3.8) is 0 Å². The third-order valence-corrected chi connectivity index (χ3v) is 3.70. The van der Waals surface area contributed by atoms with Crippen LogP contribution in [0.5, 0.6) is 0 Å². The van der Waals surface area contributed by atoms with Gasteiger partial charge < -0.3 is 0 Å². The number of hydrogen-bond donors (Lipinski definition) is 0. The summed E-state index contributed by atoms with van der Waals surface area (Å²) in [5.41, 5.74) is 1.21. The summed E-state index contributed by atoms with van der Waals surface area (Å²) in [6.07, 6.45) is 3.50. The van der Waals surface area contributed by atoms with Gasteiger partial charge in [0.05, 0.1) is 0 Å². The lowest BCUT2D eigenvalue weighted by Gasteiger charge is -2.07. The van der Waals surface area contributed by atoms with Gasteiger partial charge >= 0.3 is 0 Å². The van der Waals surface area contributed by atoms with E-state index in [0.717, 1.165) is 10.8 Å². The minimum atomic E-state index is -0.412. The molecule has 3 aromatic rings. The first kappa shape index (κ1) is 13.7. The molecule has 0 bridgehead atoms. The molecular weight excluding hydrogens is 289 g/mol. The molecule has 2 nitrogen and oxygen atoms in total. The van der Waals surface area contributed by atoms with E-state index < -0.39 is 5.82 Å². The Kier molecular flexibility index (Phi) is 3.67. The van der Waals surface area contributed by atoms with Crippen molar-refractivity contribution in [3.8, 4) is 0 Å². The highest BCUT2D eigenvalue weighted by Gasteiger charge is 2.13. The topological polar surface area (TPSA) is 30.0 Å². The van der Waals surface area contributed by atoms with Crippen molar-refractivity contribution in [1.82, 2.24) is 4.98 Å². The molecule has 0 aliphatic heterocycles. The van der Waals surface area contributed by atoms with Crippen LogP contribution < -0.4 is 0 Å². The molecule has 0 aliphatic rings. The number of rotatable bonds is 3. The van der Waals surface area contributed by atoms with Crippen molar-refractivity contribution < 1.29 is 9.18 Å². The predicted molar refractivity (Wildman–Crippen MR) is 81.2 cm³/mol. The van der Waals surface area contributed by atoms with E-state index >= 15 is 0 Å². The van der Waals surface area contributed by atoms with E-state index in [4.69, 9.17) is 11.6 Å². The van der Waals surface area contributed by atoms with Gasteiger partial charge in [-0.1, -0.05) is 35.9 Å². The highest BCUT2D eigenvalue weighted by Crippen LogP contribution is 2.22. The first-order chi connectivity index (χ1) is 10.1. The molecule has 0 fully saturated rings. The fraction of sp³-hybridized carbons (Fsp3) is 0.0588. The molecule has 0 unspecified atom stereocenters. The molecule has 0 atom stereocenters. The van der Waals surface area contributed by atoms with Gasteiger partial charge in [-0.15, -0.1) is 0 Å². The maximum Gasteiger partial charge on any atom is 0.167 e. The number of benzene rings is 2. The zero-order chi connectivity index (χ0) is 14.8. The number of Topliss-reactive ketones (excluding diaryl/α,β-unsaturated/α-hetero) is 1. The second-order valence-corrected chi connectivity index (χ2v) is 5.15. The van der Waals surface area contributed by atoms with Crippen LogP contribution in [-0.2, 0) is 6.42 Å². The third kappa shape index (κ3) is 2.78. The second-order valence-electron chi connectivity index (χ2n) is 4.74. The van der Waals surface area contributed by atoms with Crippen LogP contribution in [0, 0.1) is 5.82 Å². The Morgan fingerprint density at radius 3 is 2.86 bits per heavy atom. The summed E-state index contributed by atoms with van der Waals surface area (Å²) in [5, 5.41) is 2.03. The highest BCUT2D eigenvalue weighted by atomic mass is 35.5. The molecule has 104 valence electrons. The monoisotopic (exact) mass is 299 g/mol. The van der Waals surface area contributed by atoms with Crippen LogP contribution in [0.25, 0.3) is 10.8 Å². The molecule has 1 aromatic heterocycles. The summed E-state index contributed by atoms with van der Waals surface area (Å²) in [5.74, 6) is -0.479. The van der Waals surface area contributed by atoms with E-state index in [2.05, 4.69) is 4.98 Å². The van der Waals surface area contributed by atoms with Crippen LogP contribution in [0.3, 0.4) is 0 Å². The Bertz CT molecular complexity index is 827. The second kappa shape index (κ2) is 5.62. The number of carbonyl (C=O) groups excluding carboxylic acids is 1. The molecule has 0 spiro atoms. The van der Waals surface area contributed by atoms with Crippen LogP contribution in [0.1, 0.15) is 15.9 Å². The highest BCUT2D eigenvalue weighted by molar-refractivity contribution is 6.31. The summed E-state index contributed by atoms with van der Waals surface area (Å²) >= 11 is 5.97. The van der Waals surface area contributed by atoms with Crippen molar-refractivity contribution in [2.45, 2.75) is 6.42 Å². The largest absolute Gasteiger partial charge is 0.294 e. The number of pyridine rings is 1. The van der Waals surface area contributed by atoms with Gasteiger partial charge in [-0.2, -0.15) is 0 Å². The molecule has 1 heterocycles. The Morgan fingerprint density at radius 2 is 2.05 bits per heavy atom. The van der Waals surface area contributed by atoms with Gasteiger partial charge in [0.1, 0.15) is 5.82 Å². The lowest BCUT2D eigenvalue weighted by atomic mass is 9.98. The molecule has 0 N–H and O–H groups in total. The Morgan fingerprint density at radius 1 is 1.19 bits per heavy atom. The lowest BCUT2D eigenvalue weighted by molar-refractivity contribution is 0.0994. The van der Waals surface area contributed by atoms with Gasteiger partial charge in [0.2, 0.25) is 0 Å². The summed E-state index contributed by atoms with van der Waals surface area (Å²) in [6, 6.07) is 11.5. The normalized spacial score (nSPS) is 10.8. The molecule has 0 saturated heterocycles. The van der Waals surface area contributed by atoms with Gasteiger partial charge in [-0.3, -0.25) is 9.78 Å². The minimum Gasteiger partial charge on any atom is -0.294 e. The first-order valence-electron chi connectivity index (χ1n) is 6.45. The average molecular weight is 300 g/mol. The number of ketones is 1. The van der Waals surface area contributed by atoms with Crippen molar-refractivity contribution in [1.29, 1.82) is 0 Å². The molecule has 21 heavy (non-hydrogen) atoms. The SMILES string of the molecule is O=C(Cc1ccc(F)cc1Cl)c1cccc2ccncc12. The quantitative estimate of drug-likeness (QED) is 0.669. The number of carbonyl (C=O) groups is 1. The van der Waals surface area contributed by atoms with Crippen LogP contribution in [0.4, 0.5) is 4.39 Å². The van der Waals surface area contributed by atoms with E-state index in [1.165, 1.54) is 12.1 Å². The molecule has 0 aliphatic carbocycles. The van der Waals surface area contributed by atoms with E-state index in [-0.39, 0.29) is 17.2 Å². The van der Waals surface area contributed by atoms with Gasteiger partial charge in [-0.05, 0) is 29.1 Å². The number of aromatic nitrogens is 1. The predicted octanol–water partition coefficient (Wildman–Crippen LogP) is 4.45. The molecule has 0 radical (unpaired) electrons. The van der Waals surface area contributed by atoms with Gasteiger partial charge in [0.15, 0.2) is 5.78 Å². The Hall–Kier alpha value is -2.26. The minimum absolute atomic E-state index is 0.0675. The van der Waals surface area contributed by atoms with Gasteiger partial charge in [0.25, 0.3) is 0 Å². The zero-order valence-corrected chi connectivity index (χ0v) is 11.8. The van der Waals surface area contributed by atoms with Crippen molar-refractivity contribution in [3.05, 3.63) is 76.8 Å². The summed E-state index contributed by atoms with van der Waals surface area (Å²) in [4.78, 5) is 16.5. The van der Waals surface area contributed by atoms with Crippen LogP contribution in [0.2, 0.25) is 5.02 Å². The molecule has 3 rings (SSSR count). The number of halogens is 2. The smallest absolute Gasteiger partial charge is 0.167 e. The van der Waals surface area contributed by atoms with Crippen molar-refractivity contribution in [2.75, 3.05) is 0 Å². The maximum atomic E-state index is 13.0. The van der Waals surface area contributed by atoms with E-state index in [9.17, 15) is 9.18 Å².